The Kier molecular flexibility index (Phi) is 4.52. The van der Waals surface area contributed by atoms with Crippen molar-refractivity contribution in [2.24, 2.45) is 0 Å². The molecule has 4 aromatic rings. The fourth-order valence-electron chi connectivity index (χ4n) is 2.69. The lowest BCUT2D eigenvalue weighted by Crippen LogP contribution is -2.21. The number of carbonyl (C=O) groups is 1. The van der Waals surface area contributed by atoms with Gasteiger partial charge in [0.1, 0.15) is 16.9 Å². The van der Waals surface area contributed by atoms with E-state index >= 15 is 0 Å². The number of rotatable bonds is 3. The summed E-state index contributed by atoms with van der Waals surface area (Å²) in [5.41, 5.74) is -3.89. The Morgan fingerprint density at radius 2 is 1.87 bits per heavy atom. The number of amides is 1. The van der Waals surface area contributed by atoms with Crippen molar-refractivity contribution in [2.75, 3.05) is 5.32 Å². The molecule has 0 aliphatic heterocycles. The Labute approximate surface area is 166 Å². The number of imidazole rings is 1. The first-order valence-corrected chi connectivity index (χ1v) is 8.83. The summed E-state index contributed by atoms with van der Waals surface area (Å²) in [7, 11) is 0. The molecule has 30 heavy (non-hydrogen) atoms. The van der Waals surface area contributed by atoms with Gasteiger partial charge in [0.05, 0.1) is 18.0 Å². The van der Waals surface area contributed by atoms with E-state index in [1.54, 1.807) is 0 Å². The minimum atomic E-state index is -4.98. The average Bonchev–Trinajstić information content (AvgIpc) is 3.35. The maximum absolute atomic E-state index is 13.8. The third kappa shape index (κ3) is 3.49. The second kappa shape index (κ2) is 6.83. The zero-order chi connectivity index (χ0) is 21.7. The van der Waals surface area contributed by atoms with Crippen LogP contribution in [0.5, 0.6) is 0 Å². The third-order valence-electron chi connectivity index (χ3n) is 3.94. The summed E-state index contributed by atoms with van der Waals surface area (Å²) in [6.07, 6.45) is -5.54. The van der Waals surface area contributed by atoms with Gasteiger partial charge in [-0.15, -0.1) is 11.3 Å². The molecule has 0 radical (unpaired) electrons. The van der Waals surface area contributed by atoms with Crippen LogP contribution >= 0.6 is 11.3 Å². The largest absolute Gasteiger partial charge is 0.434 e. The second-order valence-electron chi connectivity index (χ2n) is 5.89. The molecule has 4 aromatic heterocycles. The van der Waals surface area contributed by atoms with Crippen LogP contribution in [0.1, 0.15) is 21.7 Å². The summed E-state index contributed by atoms with van der Waals surface area (Å²) in [5.74, 6) is -1.27. The maximum Gasteiger partial charge on any atom is 0.434 e. The smallest absolute Gasteiger partial charge is 0.322 e. The summed E-state index contributed by atoms with van der Waals surface area (Å²) in [6, 6.07) is 1.54. The van der Waals surface area contributed by atoms with Crippen molar-refractivity contribution in [3.63, 3.8) is 0 Å². The number of thiazole rings is 1. The molecular weight excluding hydrogens is 438 g/mol. The lowest BCUT2D eigenvalue weighted by molar-refractivity contribution is -0.143. The predicted molar refractivity (Wildman–Crippen MR) is 92.4 cm³/mol. The van der Waals surface area contributed by atoms with Crippen molar-refractivity contribution in [3.05, 3.63) is 59.4 Å². The Morgan fingerprint density at radius 1 is 1.10 bits per heavy atom. The van der Waals surface area contributed by atoms with E-state index in [1.165, 1.54) is 22.3 Å². The van der Waals surface area contributed by atoms with Crippen LogP contribution in [0.4, 0.5) is 32.0 Å². The maximum atomic E-state index is 13.8. The molecule has 0 saturated heterocycles. The molecule has 0 aliphatic rings. The Morgan fingerprint density at radius 3 is 2.57 bits per heavy atom. The van der Waals surface area contributed by atoms with E-state index < -0.39 is 35.2 Å². The predicted octanol–water partition coefficient (Wildman–Crippen LogP) is 4.27. The minimum Gasteiger partial charge on any atom is -0.322 e. The fourth-order valence-corrected chi connectivity index (χ4v) is 3.50. The van der Waals surface area contributed by atoms with E-state index in [0.29, 0.717) is 21.8 Å². The molecule has 0 aromatic carbocycles. The number of alkyl halides is 6. The molecule has 0 fully saturated rings. The van der Waals surface area contributed by atoms with E-state index in [9.17, 15) is 31.1 Å². The second-order valence-corrected chi connectivity index (χ2v) is 6.78. The van der Waals surface area contributed by atoms with Gasteiger partial charge in [0.2, 0.25) is 0 Å². The van der Waals surface area contributed by atoms with Gasteiger partial charge in [-0.05, 0) is 12.1 Å². The van der Waals surface area contributed by atoms with E-state index in [0.717, 1.165) is 23.6 Å². The van der Waals surface area contributed by atoms with Crippen molar-refractivity contribution in [3.8, 4) is 5.82 Å². The topological polar surface area (TPSA) is 77.1 Å². The van der Waals surface area contributed by atoms with Crippen molar-refractivity contribution in [2.45, 2.75) is 12.4 Å². The molecule has 0 bridgehead atoms. The number of pyridine rings is 1. The van der Waals surface area contributed by atoms with Crippen molar-refractivity contribution < 1.29 is 31.1 Å². The lowest BCUT2D eigenvalue weighted by atomic mass is 10.2. The summed E-state index contributed by atoms with van der Waals surface area (Å²) in [6.45, 7) is 0. The number of fused-ring (bicyclic) bond motifs is 1. The first-order valence-electron chi connectivity index (χ1n) is 7.95. The average molecular weight is 446 g/mol. The lowest BCUT2D eigenvalue weighted by Gasteiger charge is -2.13. The molecule has 0 spiro atoms. The van der Waals surface area contributed by atoms with Gasteiger partial charge in [-0.3, -0.25) is 14.2 Å². The summed E-state index contributed by atoms with van der Waals surface area (Å²) in [5, 5.41) is 7.10. The number of nitrogens with one attached hydrogen (secondary N) is 1. The molecule has 4 rings (SSSR count). The van der Waals surface area contributed by atoms with Crippen LogP contribution in [0, 0.1) is 0 Å². The highest BCUT2D eigenvalue weighted by atomic mass is 32.1. The van der Waals surface area contributed by atoms with Crippen molar-refractivity contribution in [1.82, 2.24) is 24.1 Å². The fraction of sp³-hybridized carbons (Fsp3) is 0.125. The number of anilines is 1. The van der Waals surface area contributed by atoms with Gasteiger partial charge >= 0.3 is 12.4 Å². The number of halogens is 6. The molecule has 4 heterocycles. The van der Waals surface area contributed by atoms with E-state index in [4.69, 9.17) is 0 Å². The quantitative estimate of drug-likeness (QED) is 0.477. The number of carbonyl (C=O) groups excluding carboxylic acids is 1. The number of aromatic nitrogens is 5. The van der Waals surface area contributed by atoms with Crippen molar-refractivity contribution in [1.29, 1.82) is 0 Å². The van der Waals surface area contributed by atoms with E-state index in [-0.39, 0.29) is 11.5 Å². The standard InChI is InChI=1S/C16H8F6N6OS/c17-15(18,19)10-3-8(1-2-24-10)26-14(29)9-4-25-28(13(9)16(20,21)22)11-6-30-12-5-23-7-27(11)12/h1-7H,(H,24,26,29). The van der Waals surface area contributed by atoms with Crippen LogP contribution < -0.4 is 5.32 Å². The van der Waals surface area contributed by atoms with Crippen molar-refractivity contribution >= 4 is 27.8 Å². The molecule has 0 atom stereocenters. The normalized spacial score (nSPS) is 12.5. The third-order valence-corrected chi connectivity index (χ3v) is 4.82. The molecule has 1 amide bonds. The van der Waals surface area contributed by atoms with Gasteiger partial charge in [-0.2, -0.15) is 31.4 Å². The van der Waals surface area contributed by atoms with Gasteiger partial charge < -0.3 is 5.32 Å². The van der Waals surface area contributed by atoms with Crippen LogP contribution in [0.2, 0.25) is 0 Å². The minimum absolute atomic E-state index is 0.00198. The number of nitrogens with zero attached hydrogens (tertiary/aromatic N) is 5. The summed E-state index contributed by atoms with van der Waals surface area (Å²) in [4.78, 5) is 20.0. The van der Waals surface area contributed by atoms with Crippen LogP contribution in [0.15, 0.2) is 42.4 Å². The highest BCUT2D eigenvalue weighted by Gasteiger charge is 2.41. The number of hydrogen-bond donors (Lipinski definition) is 1. The van der Waals surface area contributed by atoms with Crippen LogP contribution in [0.25, 0.3) is 10.6 Å². The Hall–Kier alpha value is -3.42. The Bertz CT molecular complexity index is 1240. The van der Waals surface area contributed by atoms with Crippen LogP contribution in [0.3, 0.4) is 0 Å². The van der Waals surface area contributed by atoms with E-state index in [1.807, 2.05) is 5.32 Å². The summed E-state index contributed by atoms with van der Waals surface area (Å²) >= 11 is 1.12. The monoisotopic (exact) mass is 446 g/mol. The van der Waals surface area contributed by atoms with Gasteiger partial charge in [-0.1, -0.05) is 0 Å². The zero-order valence-electron chi connectivity index (χ0n) is 14.4. The zero-order valence-corrected chi connectivity index (χ0v) is 15.2. The molecule has 0 unspecified atom stereocenters. The Balaban J connectivity index is 1.74. The summed E-state index contributed by atoms with van der Waals surface area (Å²) < 4.78 is 81.5. The van der Waals surface area contributed by atoms with Gasteiger partial charge in [-0.25, -0.2) is 9.67 Å². The van der Waals surface area contributed by atoms with Gasteiger partial charge in [0, 0.05) is 17.3 Å². The number of hydrogen-bond acceptors (Lipinski definition) is 5. The SMILES string of the molecule is O=C(Nc1ccnc(C(F)(F)F)c1)c1cnn(-c2csc3cncn23)c1C(F)(F)F. The first kappa shape index (κ1) is 19.9. The van der Waals surface area contributed by atoms with E-state index in [2.05, 4.69) is 15.1 Å². The van der Waals surface area contributed by atoms with Crippen LogP contribution in [-0.4, -0.2) is 30.1 Å². The molecular formula is C16H8F6N6OS. The van der Waals surface area contributed by atoms with Crippen LogP contribution in [-0.2, 0) is 12.4 Å². The molecule has 0 saturated carbocycles. The van der Waals surface area contributed by atoms with Gasteiger partial charge in [0.15, 0.2) is 11.5 Å². The first-order chi connectivity index (χ1) is 14.1. The molecule has 1 N–H and O–H groups in total. The molecule has 156 valence electrons. The van der Waals surface area contributed by atoms with Gasteiger partial charge in [0.25, 0.3) is 5.91 Å². The molecule has 0 aliphatic carbocycles. The molecule has 7 nitrogen and oxygen atoms in total. The highest BCUT2D eigenvalue weighted by molar-refractivity contribution is 7.15. The molecule has 14 heteroatoms. The highest BCUT2D eigenvalue weighted by Crippen LogP contribution is 2.35.